The van der Waals surface area contributed by atoms with Crippen LogP contribution in [0.1, 0.15) is 38.6 Å². The van der Waals surface area contributed by atoms with E-state index >= 15 is 0 Å². The van der Waals surface area contributed by atoms with Crippen molar-refractivity contribution in [1.82, 2.24) is 19.7 Å². The van der Waals surface area contributed by atoms with Crippen LogP contribution < -0.4 is 5.32 Å². The number of hydrogen-bond acceptors (Lipinski definition) is 5. The molecule has 0 saturated heterocycles. The summed E-state index contributed by atoms with van der Waals surface area (Å²) < 4.78 is 1.94. The zero-order chi connectivity index (χ0) is 15.2. The van der Waals surface area contributed by atoms with Gasteiger partial charge in [0.1, 0.15) is 5.82 Å². The Balaban J connectivity index is 2.44. The molecular weight excluding hydrogens is 282 g/mol. The van der Waals surface area contributed by atoms with Crippen LogP contribution in [-0.2, 0) is 12.8 Å². The number of nitrogens with zero attached hydrogens (tertiary/aromatic N) is 4. The summed E-state index contributed by atoms with van der Waals surface area (Å²) in [5.41, 5.74) is 2.28. The predicted molar refractivity (Wildman–Crippen MR) is 88.5 cm³/mol. The lowest BCUT2D eigenvalue weighted by Gasteiger charge is -2.10. The zero-order valence-electron chi connectivity index (χ0n) is 13.2. The van der Waals surface area contributed by atoms with Gasteiger partial charge in [-0.25, -0.2) is 14.6 Å². The molecule has 0 radical (unpaired) electrons. The molecule has 2 aromatic heterocycles. The van der Waals surface area contributed by atoms with Gasteiger partial charge in [-0.1, -0.05) is 32.5 Å². The van der Waals surface area contributed by atoms with Crippen molar-refractivity contribution < 1.29 is 0 Å². The van der Waals surface area contributed by atoms with E-state index in [0.717, 1.165) is 48.3 Å². The van der Waals surface area contributed by atoms with Crippen LogP contribution in [0.2, 0.25) is 0 Å². The van der Waals surface area contributed by atoms with Gasteiger partial charge in [0.15, 0.2) is 11.0 Å². The fourth-order valence-corrected chi connectivity index (χ4v) is 2.43. The number of aromatic nitrogens is 4. The Hall–Kier alpha value is -1.56. The Morgan fingerprint density at radius 2 is 1.95 bits per heavy atom. The quantitative estimate of drug-likeness (QED) is 0.628. The number of rotatable bonds is 7. The minimum absolute atomic E-state index is 0.765. The molecule has 2 aromatic rings. The van der Waals surface area contributed by atoms with Gasteiger partial charge >= 0.3 is 0 Å². The second kappa shape index (κ2) is 7.45. The first-order valence-corrected chi connectivity index (χ1v) is 8.69. The van der Waals surface area contributed by atoms with Crippen LogP contribution in [0.15, 0.2) is 17.3 Å². The summed E-state index contributed by atoms with van der Waals surface area (Å²) in [5, 5.41) is 8.75. The highest BCUT2D eigenvalue weighted by Gasteiger charge is 2.11. The van der Waals surface area contributed by atoms with Gasteiger partial charge in [0.05, 0.1) is 5.69 Å². The van der Waals surface area contributed by atoms with Gasteiger partial charge in [-0.2, -0.15) is 5.10 Å². The van der Waals surface area contributed by atoms with Crippen LogP contribution in [-0.4, -0.2) is 32.5 Å². The van der Waals surface area contributed by atoms with Crippen molar-refractivity contribution in [2.24, 2.45) is 0 Å². The number of aryl methyl sites for hydroxylation is 2. The molecule has 21 heavy (non-hydrogen) atoms. The number of nitrogens with one attached hydrogen (secondary N) is 1. The molecule has 2 heterocycles. The van der Waals surface area contributed by atoms with Gasteiger partial charge in [0.25, 0.3) is 0 Å². The van der Waals surface area contributed by atoms with Crippen molar-refractivity contribution in [3.05, 3.63) is 23.5 Å². The first kappa shape index (κ1) is 15.8. The highest BCUT2D eigenvalue weighted by Crippen LogP contribution is 2.19. The molecule has 2 rings (SSSR count). The second-order valence-corrected chi connectivity index (χ2v) is 5.54. The maximum atomic E-state index is 4.66. The van der Waals surface area contributed by atoms with Gasteiger partial charge in [0.2, 0.25) is 0 Å². The molecule has 0 fully saturated rings. The lowest BCUT2D eigenvalue weighted by molar-refractivity contribution is 0.751. The van der Waals surface area contributed by atoms with Gasteiger partial charge in [-0.15, -0.1) is 0 Å². The largest absolute Gasteiger partial charge is 0.370 e. The van der Waals surface area contributed by atoms with Crippen LogP contribution in [0.25, 0.3) is 5.82 Å². The maximum Gasteiger partial charge on any atom is 0.191 e. The third kappa shape index (κ3) is 3.75. The van der Waals surface area contributed by atoms with E-state index in [9.17, 15) is 0 Å². The molecule has 6 heteroatoms. The van der Waals surface area contributed by atoms with Gasteiger partial charge in [-0.05, 0) is 31.6 Å². The smallest absolute Gasteiger partial charge is 0.191 e. The molecule has 0 aromatic carbocycles. The minimum atomic E-state index is 0.765. The second-order valence-electron chi connectivity index (χ2n) is 4.77. The van der Waals surface area contributed by atoms with E-state index < -0.39 is 0 Å². The van der Waals surface area contributed by atoms with Crippen LogP contribution in [0.3, 0.4) is 0 Å². The topological polar surface area (TPSA) is 55.6 Å². The van der Waals surface area contributed by atoms with E-state index in [0.29, 0.717) is 0 Å². The van der Waals surface area contributed by atoms with Crippen LogP contribution in [0.4, 0.5) is 5.82 Å². The molecule has 114 valence electrons. The summed E-state index contributed by atoms with van der Waals surface area (Å²) in [6, 6.07) is 4.13. The van der Waals surface area contributed by atoms with E-state index in [1.165, 1.54) is 5.69 Å². The van der Waals surface area contributed by atoms with E-state index in [2.05, 4.69) is 47.2 Å². The molecule has 1 N–H and O–H groups in total. The Kier molecular flexibility index (Phi) is 5.61. The molecule has 0 saturated carbocycles. The third-order valence-electron chi connectivity index (χ3n) is 3.21. The Labute approximate surface area is 130 Å². The lowest BCUT2D eigenvalue weighted by Crippen LogP contribution is -2.09. The average molecular weight is 305 g/mol. The number of thioether (sulfide) groups is 1. The van der Waals surface area contributed by atoms with Crippen molar-refractivity contribution in [2.75, 3.05) is 18.1 Å². The summed E-state index contributed by atoms with van der Waals surface area (Å²) >= 11 is 1.55. The molecule has 0 amide bonds. The molecule has 5 nitrogen and oxygen atoms in total. The highest BCUT2D eigenvalue weighted by atomic mass is 32.2. The summed E-state index contributed by atoms with van der Waals surface area (Å²) in [5.74, 6) is 1.70. The standard InChI is InChI=1S/C15H23N5S/c1-5-8-16-13-10-14(18-15(17-13)21-4)20-12(7-3)9-11(6-2)19-20/h9-10H,5-8H2,1-4H3,(H,16,17,18). The Bertz CT molecular complexity index is 594. The van der Waals surface area contributed by atoms with Crippen LogP contribution in [0, 0.1) is 0 Å². The number of anilines is 1. The van der Waals surface area contributed by atoms with Gasteiger partial charge in [-0.3, -0.25) is 0 Å². The van der Waals surface area contributed by atoms with Crippen molar-refractivity contribution in [1.29, 1.82) is 0 Å². The van der Waals surface area contributed by atoms with Gasteiger partial charge < -0.3 is 5.32 Å². The Morgan fingerprint density at radius 3 is 2.57 bits per heavy atom. The fraction of sp³-hybridized carbons (Fsp3) is 0.533. The summed E-state index contributed by atoms with van der Waals surface area (Å²) in [7, 11) is 0. The fourth-order valence-electron chi connectivity index (χ4n) is 2.05. The van der Waals surface area contributed by atoms with Crippen molar-refractivity contribution in [2.45, 2.75) is 45.2 Å². The predicted octanol–water partition coefficient (Wildman–Crippen LogP) is 3.33. The Morgan fingerprint density at radius 1 is 1.14 bits per heavy atom. The molecule has 0 aliphatic rings. The lowest BCUT2D eigenvalue weighted by atomic mass is 10.2. The van der Waals surface area contributed by atoms with E-state index in [4.69, 9.17) is 0 Å². The van der Waals surface area contributed by atoms with Crippen molar-refractivity contribution >= 4 is 17.6 Å². The zero-order valence-corrected chi connectivity index (χ0v) is 14.0. The van der Waals surface area contributed by atoms with Crippen molar-refractivity contribution in [3.8, 4) is 5.82 Å². The molecule has 0 aliphatic carbocycles. The first-order valence-electron chi connectivity index (χ1n) is 7.46. The minimum Gasteiger partial charge on any atom is -0.370 e. The third-order valence-corrected chi connectivity index (χ3v) is 3.75. The van der Waals surface area contributed by atoms with E-state index in [-0.39, 0.29) is 0 Å². The molecule has 0 aliphatic heterocycles. The molecule has 0 atom stereocenters. The van der Waals surface area contributed by atoms with E-state index in [1.807, 2.05) is 17.0 Å². The van der Waals surface area contributed by atoms with E-state index in [1.54, 1.807) is 11.8 Å². The molecular formula is C15H23N5S. The first-order chi connectivity index (χ1) is 10.2. The maximum absolute atomic E-state index is 4.66. The molecule has 0 unspecified atom stereocenters. The van der Waals surface area contributed by atoms with Crippen LogP contribution in [0.5, 0.6) is 0 Å². The normalized spacial score (nSPS) is 10.9. The van der Waals surface area contributed by atoms with Crippen LogP contribution >= 0.6 is 11.8 Å². The molecule has 0 spiro atoms. The SMILES string of the molecule is CCCNc1cc(-n2nc(CC)cc2CC)nc(SC)n1. The van der Waals surface area contributed by atoms with Gasteiger partial charge in [0, 0.05) is 18.3 Å². The highest BCUT2D eigenvalue weighted by molar-refractivity contribution is 7.98. The summed E-state index contributed by atoms with van der Waals surface area (Å²) in [6.07, 6.45) is 4.92. The summed E-state index contributed by atoms with van der Waals surface area (Å²) in [6.45, 7) is 7.30. The average Bonchev–Trinajstić information content (AvgIpc) is 2.96. The molecule has 0 bridgehead atoms. The summed E-state index contributed by atoms with van der Waals surface area (Å²) in [4.78, 5) is 9.10. The monoisotopic (exact) mass is 305 g/mol. The van der Waals surface area contributed by atoms with Crippen molar-refractivity contribution in [3.63, 3.8) is 0 Å². The number of hydrogen-bond donors (Lipinski definition) is 1.